The van der Waals surface area contributed by atoms with Gasteiger partial charge in [-0.05, 0) is 44.4 Å². The molecule has 3 aromatic rings. The average molecular weight is 367 g/mol. The normalized spacial score (nSPS) is 17.1. The number of aromatic nitrogens is 4. The summed E-state index contributed by atoms with van der Waals surface area (Å²) in [5.74, 6) is 1.50. The van der Waals surface area contributed by atoms with Crippen LogP contribution in [0.5, 0.6) is 5.75 Å². The van der Waals surface area contributed by atoms with Crippen molar-refractivity contribution in [2.45, 2.75) is 32.2 Å². The molecule has 0 aliphatic carbocycles. The number of piperidine rings is 1. The molecule has 1 atom stereocenters. The first-order valence-corrected chi connectivity index (χ1v) is 9.04. The Labute approximate surface area is 156 Å². The number of benzene rings is 1. The number of H-pyrrole nitrogens is 1. The third kappa shape index (κ3) is 3.84. The molecule has 0 spiro atoms. The first kappa shape index (κ1) is 17.3. The number of likely N-dealkylation sites (tertiary alicyclic amines) is 1. The quantitative estimate of drug-likeness (QED) is 0.745. The van der Waals surface area contributed by atoms with E-state index in [9.17, 15) is 4.79 Å². The van der Waals surface area contributed by atoms with Crippen LogP contribution >= 0.6 is 0 Å². The minimum Gasteiger partial charge on any atom is -0.484 e. The lowest BCUT2D eigenvalue weighted by Crippen LogP contribution is -2.41. The van der Waals surface area contributed by atoms with Crippen LogP contribution in [0.25, 0.3) is 11.6 Å². The number of carbonyl (C=O) groups excluding carboxylic acids is 1. The number of para-hydroxylation sites is 1. The number of aryl methyl sites for hydroxylation is 1. The average Bonchev–Trinajstić information content (AvgIpc) is 3.36. The fourth-order valence-electron chi connectivity index (χ4n) is 3.25. The summed E-state index contributed by atoms with van der Waals surface area (Å²) in [5, 5.41) is 11.0. The van der Waals surface area contributed by atoms with Gasteiger partial charge in [-0.2, -0.15) is 10.1 Å². The Morgan fingerprint density at radius 2 is 2.19 bits per heavy atom. The Morgan fingerprint density at radius 1 is 1.33 bits per heavy atom. The zero-order chi connectivity index (χ0) is 18.6. The van der Waals surface area contributed by atoms with Crippen molar-refractivity contribution in [1.29, 1.82) is 0 Å². The van der Waals surface area contributed by atoms with Crippen molar-refractivity contribution in [3.05, 3.63) is 47.9 Å². The number of nitrogens with zero attached hydrogens (tertiary/aromatic N) is 4. The van der Waals surface area contributed by atoms with Crippen LogP contribution in [-0.2, 0) is 4.79 Å². The van der Waals surface area contributed by atoms with E-state index in [1.165, 1.54) is 0 Å². The summed E-state index contributed by atoms with van der Waals surface area (Å²) in [6.45, 7) is 2.53. The summed E-state index contributed by atoms with van der Waals surface area (Å²) in [5.41, 5.74) is 1.52. The third-order valence-corrected chi connectivity index (χ3v) is 4.60. The SMILES string of the molecule is Cc1cc(-c2nc(C3CCCCN3C(=O)COc3ccccc3)no2)[nH]n1. The molecule has 1 saturated heterocycles. The zero-order valence-corrected chi connectivity index (χ0v) is 15.1. The number of hydrogen-bond donors (Lipinski definition) is 1. The van der Waals surface area contributed by atoms with Crippen molar-refractivity contribution in [1.82, 2.24) is 25.2 Å². The predicted octanol–water partition coefficient (Wildman–Crippen LogP) is 2.90. The molecule has 1 aliphatic heterocycles. The lowest BCUT2D eigenvalue weighted by atomic mass is 10.0. The summed E-state index contributed by atoms with van der Waals surface area (Å²) in [4.78, 5) is 19.0. The fraction of sp³-hybridized carbons (Fsp3) is 0.368. The van der Waals surface area contributed by atoms with E-state index in [0.717, 1.165) is 25.0 Å². The number of rotatable bonds is 5. The monoisotopic (exact) mass is 367 g/mol. The van der Waals surface area contributed by atoms with E-state index in [-0.39, 0.29) is 18.6 Å². The molecule has 1 aliphatic rings. The number of nitrogens with one attached hydrogen (secondary N) is 1. The van der Waals surface area contributed by atoms with Gasteiger partial charge in [0, 0.05) is 6.54 Å². The molecule has 1 unspecified atom stereocenters. The molecule has 1 amide bonds. The van der Waals surface area contributed by atoms with Crippen LogP contribution in [0.3, 0.4) is 0 Å². The van der Waals surface area contributed by atoms with Crippen LogP contribution < -0.4 is 4.74 Å². The van der Waals surface area contributed by atoms with Crippen LogP contribution in [-0.4, -0.2) is 44.3 Å². The topological polar surface area (TPSA) is 97.1 Å². The molecule has 3 heterocycles. The van der Waals surface area contributed by atoms with E-state index in [1.807, 2.05) is 43.3 Å². The van der Waals surface area contributed by atoms with Crippen LogP contribution in [0.15, 0.2) is 40.9 Å². The Hall–Kier alpha value is -3.16. The van der Waals surface area contributed by atoms with Gasteiger partial charge in [0.25, 0.3) is 11.8 Å². The third-order valence-electron chi connectivity index (χ3n) is 4.60. The van der Waals surface area contributed by atoms with E-state index in [2.05, 4.69) is 20.3 Å². The lowest BCUT2D eigenvalue weighted by Gasteiger charge is -2.33. The Bertz CT molecular complexity index is 905. The Balaban J connectivity index is 1.47. The molecule has 4 rings (SSSR count). The summed E-state index contributed by atoms with van der Waals surface area (Å²) in [6.07, 6.45) is 2.77. The van der Waals surface area contributed by atoms with Crippen molar-refractivity contribution in [2.75, 3.05) is 13.2 Å². The van der Waals surface area contributed by atoms with Gasteiger partial charge in [0.05, 0.1) is 11.7 Å². The van der Waals surface area contributed by atoms with Gasteiger partial charge in [-0.3, -0.25) is 9.89 Å². The minimum absolute atomic E-state index is 0.00896. The molecule has 1 fully saturated rings. The molecular weight excluding hydrogens is 346 g/mol. The highest BCUT2D eigenvalue weighted by atomic mass is 16.5. The Kier molecular flexibility index (Phi) is 4.86. The maximum atomic E-state index is 12.7. The number of aromatic amines is 1. The molecule has 2 aromatic heterocycles. The van der Waals surface area contributed by atoms with E-state index in [1.54, 1.807) is 4.90 Å². The highest BCUT2D eigenvalue weighted by Gasteiger charge is 2.32. The minimum atomic E-state index is -0.202. The number of hydrogen-bond acceptors (Lipinski definition) is 6. The van der Waals surface area contributed by atoms with Crippen LogP contribution in [0.1, 0.15) is 36.8 Å². The number of carbonyl (C=O) groups is 1. The van der Waals surface area contributed by atoms with Gasteiger partial charge in [0.2, 0.25) is 0 Å². The Morgan fingerprint density at radius 3 is 2.96 bits per heavy atom. The predicted molar refractivity (Wildman–Crippen MR) is 96.9 cm³/mol. The van der Waals surface area contributed by atoms with Crippen LogP contribution in [0.2, 0.25) is 0 Å². The molecule has 8 nitrogen and oxygen atoms in total. The zero-order valence-electron chi connectivity index (χ0n) is 15.1. The maximum Gasteiger partial charge on any atom is 0.276 e. The van der Waals surface area contributed by atoms with Gasteiger partial charge >= 0.3 is 0 Å². The highest BCUT2D eigenvalue weighted by Crippen LogP contribution is 2.30. The molecule has 0 bridgehead atoms. The van der Waals surface area contributed by atoms with E-state index < -0.39 is 0 Å². The fourth-order valence-corrected chi connectivity index (χ4v) is 3.25. The van der Waals surface area contributed by atoms with Crippen LogP contribution in [0.4, 0.5) is 0 Å². The van der Waals surface area contributed by atoms with Gasteiger partial charge in [0.15, 0.2) is 12.4 Å². The summed E-state index contributed by atoms with van der Waals surface area (Å²) >= 11 is 0. The first-order chi connectivity index (χ1) is 13.2. The standard InChI is InChI=1S/C19H21N5O3/c1-13-11-15(22-21-13)19-20-18(23-27-19)16-9-5-6-10-24(16)17(25)12-26-14-7-3-2-4-8-14/h2-4,7-8,11,16H,5-6,9-10,12H2,1H3,(H,21,22). The van der Waals surface area contributed by atoms with Crippen LogP contribution in [0, 0.1) is 6.92 Å². The van der Waals surface area contributed by atoms with Gasteiger partial charge in [-0.25, -0.2) is 0 Å². The van der Waals surface area contributed by atoms with Gasteiger partial charge in [-0.1, -0.05) is 23.4 Å². The molecule has 1 aromatic carbocycles. The van der Waals surface area contributed by atoms with Crippen molar-refractivity contribution in [2.24, 2.45) is 0 Å². The molecule has 1 N–H and O–H groups in total. The van der Waals surface area contributed by atoms with Gasteiger partial charge in [-0.15, -0.1) is 0 Å². The van der Waals surface area contributed by atoms with Gasteiger partial charge in [0.1, 0.15) is 11.4 Å². The highest BCUT2D eigenvalue weighted by molar-refractivity contribution is 5.78. The second-order valence-corrected chi connectivity index (χ2v) is 6.58. The van der Waals surface area contributed by atoms with E-state index in [0.29, 0.717) is 29.7 Å². The summed E-state index contributed by atoms with van der Waals surface area (Å²) < 4.78 is 11.0. The smallest absolute Gasteiger partial charge is 0.276 e. The molecule has 8 heteroatoms. The molecule has 140 valence electrons. The van der Waals surface area contributed by atoms with Gasteiger partial charge < -0.3 is 14.2 Å². The molecular formula is C19H21N5O3. The van der Waals surface area contributed by atoms with E-state index >= 15 is 0 Å². The van der Waals surface area contributed by atoms with Crippen molar-refractivity contribution >= 4 is 5.91 Å². The summed E-state index contributed by atoms with van der Waals surface area (Å²) in [7, 11) is 0. The molecule has 0 radical (unpaired) electrons. The molecule has 0 saturated carbocycles. The number of amides is 1. The maximum absolute atomic E-state index is 12.7. The second-order valence-electron chi connectivity index (χ2n) is 6.58. The summed E-state index contributed by atoms with van der Waals surface area (Å²) in [6, 6.07) is 11.0. The second kappa shape index (κ2) is 7.61. The largest absolute Gasteiger partial charge is 0.484 e. The molecule has 27 heavy (non-hydrogen) atoms. The van der Waals surface area contributed by atoms with Crippen molar-refractivity contribution in [3.8, 4) is 17.3 Å². The lowest BCUT2D eigenvalue weighted by molar-refractivity contribution is -0.137. The number of ether oxygens (including phenoxy) is 1. The first-order valence-electron chi connectivity index (χ1n) is 9.04. The van der Waals surface area contributed by atoms with Crippen molar-refractivity contribution < 1.29 is 14.1 Å². The van der Waals surface area contributed by atoms with Crippen molar-refractivity contribution in [3.63, 3.8) is 0 Å². The van der Waals surface area contributed by atoms with E-state index in [4.69, 9.17) is 9.26 Å².